The number of hydrogen-bond donors (Lipinski definition) is 5. The molecule has 0 aliphatic heterocycles. The maximum absolute atomic E-state index is 14.2. The van der Waals surface area contributed by atoms with Crippen molar-refractivity contribution in [1.29, 1.82) is 0 Å². The smallest absolute Gasteiger partial charge is 0.303 e. The van der Waals surface area contributed by atoms with Gasteiger partial charge in [0.2, 0.25) is 11.8 Å². The van der Waals surface area contributed by atoms with Crippen molar-refractivity contribution in [1.82, 2.24) is 15.6 Å². The molecule has 1 aromatic carbocycles. The molecule has 1 aromatic heterocycles. The average Bonchev–Trinajstić information content (AvgIpc) is 3.00. The first kappa shape index (κ1) is 35.5. The van der Waals surface area contributed by atoms with E-state index in [4.69, 9.17) is 11.5 Å². The molecule has 0 unspecified atom stereocenters. The Hall–Kier alpha value is -4.65. The van der Waals surface area contributed by atoms with Crippen molar-refractivity contribution < 1.29 is 33.9 Å². The zero-order chi connectivity index (χ0) is 33.0. The number of ketones is 1. The van der Waals surface area contributed by atoms with Crippen LogP contribution in [0.5, 0.6) is 0 Å². The zero-order valence-electron chi connectivity index (χ0n) is 25.5. The molecule has 4 atom stereocenters. The van der Waals surface area contributed by atoms with Crippen LogP contribution in [0.25, 0.3) is 0 Å². The van der Waals surface area contributed by atoms with Crippen molar-refractivity contribution in [2.45, 2.75) is 83.5 Å². The summed E-state index contributed by atoms with van der Waals surface area (Å²) in [4.78, 5) is 83.9. The summed E-state index contributed by atoms with van der Waals surface area (Å²) in [5.41, 5.74) is 9.59. The molecular weight excluding hydrogens is 568 g/mol. The summed E-state index contributed by atoms with van der Waals surface area (Å²) in [5.74, 6) is -4.48. The Morgan fingerprint density at radius 1 is 1.05 bits per heavy atom. The Bertz CT molecular complexity index is 1340. The Morgan fingerprint density at radius 3 is 2.27 bits per heavy atom. The van der Waals surface area contributed by atoms with E-state index in [1.165, 1.54) is 49.6 Å². The molecule has 0 fully saturated rings. The van der Waals surface area contributed by atoms with Crippen molar-refractivity contribution in [3.05, 3.63) is 54.4 Å². The summed E-state index contributed by atoms with van der Waals surface area (Å²) in [5, 5.41) is 14.8. The lowest BCUT2D eigenvalue weighted by Gasteiger charge is -2.40. The van der Waals surface area contributed by atoms with Gasteiger partial charge in [-0.15, -0.1) is 0 Å². The van der Waals surface area contributed by atoms with E-state index in [2.05, 4.69) is 15.6 Å². The quantitative estimate of drug-likeness (QED) is 0.0758. The highest BCUT2D eigenvalue weighted by molar-refractivity contribution is 6.22. The van der Waals surface area contributed by atoms with Crippen LogP contribution in [0.3, 0.4) is 0 Å². The number of para-hydroxylation sites is 1. The highest BCUT2D eigenvalue weighted by Crippen LogP contribution is 2.32. The monoisotopic (exact) mass is 610 g/mol. The van der Waals surface area contributed by atoms with Crippen LogP contribution in [0.2, 0.25) is 0 Å². The van der Waals surface area contributed by atoms with Gasteiger partial charge in [0, 0.05) is 23.9 Å². The molecular formula is C31H42N6O7. The van der Waals surface area contributed by atoms with Gasteiger partial charge in [0.15, 0.2) is 17.6 Å². The first-order valence-corrected chi connectivity index (χ1v) is 14.5. The van der Waals surface area contributed by atoms with Crippen molar-refractivity contribution in [2.75, 3.05) is 10.6 Å². The number of nitrogen functional groups attached to an aromatic ring is 1. The van der Waals surface area contributed by atoms with E-state index in [9.17, 15) is 33.9 Å². The molecule has 238 valence electrons. The number of carbonyl (C=O) groups excluding carboxylic acids is 5. The summed E-state index contributed by atoms with van der Waals surface area (Å²) in [7, 11) is 0. The van der Waals surface area contributed by atoms with Gasteiger partial charge in [-0.05, 0) is 49.9 Å². The third-order valence-electron chi connectivity index (χ3n) is 7.27. The predicted octanol–water partition coefficient (Wildman–Crippen LogP) is 1.85. The molecule has 44 heavy (non-hydrogen) atoms. The molecule has 0 aliphatic carbocycles. The number of Topliss-reactive ketones (excluding diaryl/α,β-unsaturated/α-hetero) is 1. The molecule has 0 spiro atoms. The summed E-state index contributed by atoms with van der Waals surface area (Å²) in [6.45, 7) is 6.82. The van der Waals surface area contributed by atoms with Gasteiger partial charge in [0.25, 0.3) is 5.91 Å². The van der Waals surface area contributed by atoms with E-state index in [1.54, 1.807) is 19.9 Å². The van der Waals surface area contributed by atoms with Gasteiger partial charge in [0.05, 0.1) is 17.9 Å². The lowest BCUT2D eigenvalue weighted by molar-refractivity contribution is -0.137. The number of nitrogens with two attached hydrogens (primary N) is 2. The second-order valence-corrected chi connectivity index (χ2v) is 10.9. The fraction of sp³-hybridized carbons (Fsp3) is 0.452. The molecule has 0 saturated carbocycles. The maximum Gasteiger partial charge on any atom is 0.303 e. The first-order valence-electron chi connectivity index (χ1n) is 14.5. The van der Waals surface area contributed by atoms with Gasteiger partial charge in [-0.3, -0.25) is 33.9 Å². The van der Waals surface area contributed by atoms with Crippen LogP contribution in [-0.4, -0.2) is 69.5 Å². The van der Waals surface area contributed by atoms with Crippen LogP contribution in [0.1, 0.15) is 70.2 Å². The van der Waals surface area contributed by atoms with E-state index >= 15 is 0 Å². The Morgan fingerprint density at radius 2 is 1.73 bits per heavy atom. The number of carboxylic acids is 1. The Kier molecular flexibility index (Phi) is 13.1. The summed E-state index contributed by atoms with van der Waals surface area (Å²) in [6, 6.07) is 5.60. The SMILES string of the molecule is CCCC[C@H](NC(=O)[C@@H](N)C(C)C)C(=O)N[C@@H](C)C(=O)N(c1cccnc1)[C@](C=O)(CCC(=O)O)C(=O)c1ccccc1N. The average molecular weight is 611 g/mol. The molecule has 0 aliphatic rings. The van der Waals surface area contributed by atoms with Gasteiger partial charge in [-0.25, -0.2) is 0 Å². The minimum absolute atomic E-state index is 0.0117. The number of hydrogen-bond acceptors (Lipinski definition) is 9. The highest BCUT2D eigenvalue weighted by atomic mass is 16.4. The van der Waals surface area contributed by atoms with Crippen molar-refractivity contribution >= 4 is 47.1 Å². The number of carbonyl (C=O) groups is 6. The second-order valence-electron chi connectivity index (χ2n) is 10.9. The molecule has 7 N–H and O–H groups in total. The molecule has 0 saturated heterocycles. The van der Waals surface area contributed by atoms with Crippen molar-refractivity contribution in [2.24, 2.45) is 11.7 Å². The third kappa shape index (κ3) is 8.69. The fourth-order valence-electron chi connectivity index (χ4n) is 4.58. The van der Waals surface area contributed by atoms with Crippen LogP contribution in [0.4, 0.5) is 11.4 Å². The number of anilines is 2. The van der Waals surface area contributed by atoms with Crippen LogP contribution in [-0.2, 0) is 24.0 Å². The number of unbranched alkanes of at least 4 members (excludes halogenated alkanes) is 1. The lowest BCUT2D eigenvalue weighted by Crippen LogP contribution is -2.63. The number of carboxylic acid groups (broad SMARTS) is 1. The third-order valence-corrected chi connectivity index (χ3v) is 7.27. The van der Waals surface area contributed by atoms with E-state index in [0.717, 1.165) is 11.3 Å². The number of amides is 3. The number of pyridine rings is 1. The molecule has 1 heterocycles. The van der Waals surface area contributed by atoms with E-state index in [-0.39, 0.29) is 35.6 Å². The van der Waals surface area contributed by atoms with Gasteiger partial charge in [-0.2, -0.15) is 0 Å². The predicted molar refractivity (Wildman–Crippen MR) is 164 cm³/mol. The first-order chi connectivity index (χ1) is 20.8. The molecule has 0 bridgehead atoms. The zero-order valence-corrected chi connectivity index (χ0v) is 25.5. The normalized spacial score (nSPS) is 14.4. The van der Waals surface area contributed by atoms with E-state index < -0.39 is 66.0 Å². The van der Waals surface area contributed by atoms with Gasteiger partial charge in [0.1, 0.15) is 12.1 Å². The standard InChI is InChI=1S/C31H42N6O7/c1-5-6-13-24(36-29(43)26(33)19(2)3)28(42)35-20(4)30(44)37(21-10-9-16-34-17-21)31(18-38,15-14-25(39)40)27(41)22-11-7-8-12-23(22)32/h7-12,16-20,24,26H,5-6,13-15,32-33H2,1-4H3,(H,35,42)(H,36,43)(H,39,40)/t20-,24-,26-,31-/m0/s1. The highest BCUT2D eigenvalue weighted by Gasteiger charge is 2.49. The maximum atomic E-state index is 14.2. The number of rotatable bonds is 17. The van der Waals surface area contributed by atoms with Gasteiger partial charge >= 0.3 is 5.97 Å². The molecule has 0 radical (unpaired) electrons. The molecule has 2 rings (SSSR count). The minimum atomic E-state index is -2.37. The number of benzene rings is 1. The Balaban J connectivity index is 2.58. The number of nitrogens with one attached hydrogen (secondary N) is 2. The van der Waals surface area contributed by atoms with Gasteiger partial charge < -0.3 is 32.0 Å². The number of nitrogens with zero attached hydrogens (tertiary/aromatic N) is 2. The minimum Gasteiger partial charge on any atom is -0.481 e. The largest absolute Gasteiger partial charge is 0.481 e. The topological polar surface area (TPSA) is 215 Å². The number of aliphatic carboxylic acids is 1. The molecule has 3 amide bonds. The summed E-state index contributed by atoms with van der Waals surface area (Å²) < 4.78 is 0. The van der Waals surface area contributed by atoms with Gasteiger partial charge in [-0.1, -0.05) is 45.7 Å². The van der Waals surface area contributed by atoms with Crippen molar-refractivity contribution in [3.63, 3.8) is 0 Å². The van der Waals surface area contributed by atoms with Crippen LogP contribution >= 0.6 is 0 Å². The molecule has 2 aromatic rings. The van der Waals surface area contributed by atoms with E-state index in [0.29, 0.717) is 6.42 Å². The van der Waals surface area contributed by atoms with Crippen molar-refractivity contribution in [3.8, 4) is 0 Å². The molecule has 13 nitrogen and oxygen atoms in total. The van der Waals surface area contributed by atoms with Crippen LogP contribution < -0.4 is 27.0 Å². The fourth-order valence-corrected chi connectivity index (χ4v) is 4.58. The van der Waals surface area contributed by atoms with Crippen LogP contribution in [0.15, 0.2) is 48.8 Å². The Labute approximate surface area is 256 Å². The molecule has 13 heteroatoms. The number of aromatic nitrogens is 1. The van der Waals surface area contributed by atoms with E-state index in [1.807, 2.05) is 6.92 Å². The lowest BCUT2D eigenvalue weighted by atomic mass is 9.83. The number of aldehydes is 1. The summed E-state index contributed by atoms with van der Waals surface area (Å²) in [6.07, 6.45) is 3.23. The second kappa shape index (κ2) is 16.3. The summed E-state index contributed by atoms with van der Waals surface area (Å²) >= 11 is 0. The van der Waals surface area contributed by atoms with Crippen LogP contribution in [0, 0.1) is 5.92 Å².